The van der Waals surface area contributed by atoms with Crippen LogP contribution < -0.4 is 5.32 Å². The van der Waals surface area contributed by atoms with Gasteiger partial charge in [-0.2, -0.15) is 0 Å². The van der Waals surface area contributed by atoms with Crippen LogP contribution in [0, 0.1) is 0 Å². The number of pyridine rings is 1. The summed E-state index contributed by atoms with van der Waals surface area (Å²) >= 11 is 6.18. The van der Waals surface area contributed by atoms with Crippen molar-refractivity contribution < 1.29 is 0 Å². The van der Waals surface area contributed by atoms with Gasteiger partial charge in [0.2, 0.25) is 0 Å². The maximum atomic E-state index is 6.18. The van der Waals surface area contributed by atoms with E-state index in [1.165, 1.54) is 0 Å². The third-order valence-corrected chi connectivity index (χ3v) is 3.63. The van der Waals surface area contributed by atoms with Gasteiger partial charge in [-0.25, -0.2) is 4.98 Å². The Kier molecular flexibility index (Phi) is 3.56. The van der Waals surface area contributed by atoms with Crippen molar-refractivity contribution >= 4 is 28.2 Å². The number of halogens is 1. The van der Waals surface area contributed by atoms with E-state index in [4.69, 9.17) is 11.6 Å². The Bertz CT molecular complexity index is 736. The Balaban J connectivity index is 1.78. The van der Waals surface area contributed by atoms with E-state index in [-0.39, 0.29) is 0 Å². The van der Waals surface area contributed by atoms with Gasteiger partial charge >= 0.3 is 0 Å². The molecule has 3 aromatic rings. The summed E-state index contributed by atoms with van der Waals surface area (Å²) in [6, 6.07) is 7.74. The molecule has 0 saturated heterocycles. The summed E-state index contributed by atoms with van der Waals surface area (Å²) in [4.78, 5) is 8.72. The van der Waals surface area contributed by atoms with Crippen molar-refractivity contribution in [2.24, 2.45) is 7.05 Å². The minimum Gasteiger partial charge on any atom is -0.383 e. The van der Waals surface area contributed by atoms with Gasteiger partial charge in [0.05, 0.1) is 16.2 Å². The third-order valence-electron chi connectivity index (χ3n) is 3.30. The van der Waals surface area contributed by atoms with E-state index in [9.17, 15) is 0 Å². The van der Waals surface area contributed by atoms with E-state index in [0.717, 1.165) is 40.4 Å². The molecule has 0 atom stereocenters. The number of benzene rings is 1. The van der Waals surface area contributed by atoms with Crippen molar-refractivity contribution in [3.63, 3.8) is 0 Å². The predicted molar refractivity (Wildman–Crippen MR) is 82.2 cm³/mol. The smallest absolute Gasteiger partial charge is 0.110 e. The van der Waals surface area contributed by atoms with Gasteiger partial charge in [0.1, 0.15) is 5.82 Å². The van der Waals surface area contributed by atoms with E-state index in [1.54, 1.807) is 6.20 Å². The average molecular weight is 287 g/mol. The number of rotatable bonds is 4. The number of nitrogens with one attached hydrogen (secondary N) is 1. The monoisotopic (exact) mass is 286 g/mol. The minimum absolute atomic E-state index is 0.725. The fourth-order valence-corrected chi connectivity index (χ4v) is 2.44. The van der Waals surface area contributed by atoms with Crippen LogP contribution in [0.3, 0.4) is 0 Å². The molecule has 0 radical (unpaired) electrons. The molecule has 0 saturated carbocycles. The molecule has 0 unspecified atom stereocenters. The number of fused-ring (bicyclic) bond motifs is 1. The van der Waals surface area contributed by atoms with Gasteiger partial charge in [-0.05, 0) is 24.3 Å². The lowest BCUT2D eigenvalue weighted by atomic mass is 10.2. The molecule has 2 heterocycles. The van der Waals surface area contributed by atoms with Gasteiger partial charge < -0.3 is 9.88 Å². The molecule has 20 heavy (non-hydrogen) atoms. The first kappa shape index (κ1) is 12.9. The molecule has 1 aromatic carbocycles. The van der Waals surface area contributed by atoms with Gasteiger partial charge in [-0.15, -0.1) is 0 Å². The van der Waals surface area contributed by atoms with Crippen molar-refractivity contribution in [2.45, 2.75) is 6.42 Å². The normalized spacial score (nSPS) is 10.9. The number of nitrogens with zero attached hydrogens (tertiary/aromatic N) is 3. The summed E-state index contributed by atoms with van der Waals surface area (Å²) in [5.74, 6) is 1.06. The van der Waals surface area contributed by atoms with Crippen molar-refractivity contribution in [3.8, 4) is 0 Å². The van der Waals surface area contributed by atoms with E-state index < -0.39 is 0 Å². The van der Waals surface area contributed by atoms with Crippen LogP contribution in [0.15, 0.2) is 42.9 Å². The largest absolute Gasteiger partial charge is 0.383 e. The second-order valence-corrected chi connectivity index (χ2v) is 5.03. The second kappa shape index (κ2) is 5.51. The molecule has 0 aliphatic carbocycles. The quantitative estimate of drug-likeness (QED) is 0.800. The van der Waals surface area contributed by atoms with Crippen molar-refractivity contribution in [1.29, 1.82) is 0 Å². The Morgan fingerprint density at radius 1 is 1.20 bits per heavy atom. The van der Waals surface area contributed by atoms with Gasteiger partial charge in [-0.1, -0.05) is 11.6 Å². The second-order valence-electron chi connectivity index (χ2n) is 4.63. The first-order valence-corrected chi connectivity index (χ1v) is 6.87. The predicted octanol–water partition coefficient (Wildman–Crippen LogP) is 3.28. The molecule has 0 amide bonds. The Morgan fingerprint density at radius 3 is 2.90 bits per heavy atom. The molecular weight excluding hydrogens is 272 g/mol. The van der Waals surface area contributed by atoms with E-state index in [0.29, 0.717) is 0 Å². The topological polar surface area (TPSA) is 42.7 Å². The summed E-state index contributed by atoms with van der Waals surface area (Å²) in [5, 5.41) is 5.10. The van der Waals surface area contributed by atoms with Crippen LogP contribution in [0.25, 0.3) is 10.9 Å². The lowest BCUT2D eigenvalue weighted by Crippen LogP contribution is -2.09. The first-order chi connectivity index (χ1) is 9.75. The molecule has 0 aliphatic rings. The van der Waals surface area contributed by atoms with Crippen LogP contribution in [-0.2, 0) is 13.5 Å². The molecule has 0 aliphatic heterocycles. The van der Waals surface area contributed by atoms with Gasteiger partial charge in [0.15, 0.2) is 0 Å². The lowest BCUT2D eigenvalue weighted by molar-refractivity contribution is 0.790. The minimum atomic E-state index is 0.725. The molecule has 0 spiro atoms. The van der Waals surface area contributed by atoms with Crippen molar-refractivity contribution in [3.05, 3.63) is 53.7 Å². The highest BCUT2D eigenvalue weighted by Gasteiger charge is 2.05. The van der Waals surface area contributed by atoms with Crippen LogP contribution in [-0.4, -0.2) is 21.1 Å². The van der Waals surface area contributed by atoms with E-state index in [2.05, 4.69) is 15.3 Å². The molecule has 5 heteroatoms. The maximum absolute atomic E-state index is 6.18. The zero-order chi connectivity index (χ0) is 13.9. The van der Waals surface area contributed by atoms with Crippen LogP contribution in [0.5, 0.6) is 0 Å². The summed E-state index contributed by atoms with van der Waals surface area (Å²) in [6.45, 7) is 0.804. The molecule has 4 nitrogen and oxygen atoms in total. The Hall–Kier alpha value is -2.07. The fourth-order valence-electron chi connectivity index (χ4n) is 2.23. The van der Waals surface area contributed by atoms with Crippen LogP contribution >= 0.6 is 11.6 Å². The highest BCUT2D eigenvalue weighted by atomic mass is 35.5. The zero-order valence-electron chi connectivity index (χ0n) is 11.2. The first-order valence-electron chi connectivity index (χ1n) is 6.49. The number of aromatic nitrogens is 3. The van der Waals surface area contributed by atoms with E-state index >= 15 is 0 Å². The van der Waals surface area contributed by atoms with Gasteiger partial charge in [0, 0.05) is 44.0 Å². The standard InChI is InChI=1S/C15H15ClN4/c1-20-10-9-18-14(20)6-8-17-13-5-4-12(16)11-3-2-7-19-15(11)13/h2-5,7,9-10,17H,6,8H2,1H3. The Labute approximate surface area is 122 Å². The Morgan fingerprint density at radius 2 is 2.10 bits per heavy atom. The van der Waals surface area contributed by atoms with Crippen molar-refractivity contribution in [1.82, 2.24) is 14.5 Å². The maximum Gasteiger partial charge on any atom is 0.110 e. The molecule has 0 fully saturated rings. The molecule has 3 rings (SSSR count). The third kappa shape index (κ3) is 2.47. The number of anilines is 1. The fraction of sp³-hybridized carbons (Fsp3) is 0.200. The number of hydrogen-bond donors (Lipinski definition) is 1. The molecule has 1 N–H and O–H groups in total. The average Bonchev–Trinajstić information content (AvgIpc) is 2.87. The number of imidazole rings is 1. The molecular formula is C15H15ClN4. The zero-order valence-corrected chi connectivity index (χ0v) is 11.9. The van der Waals surface area contributed by atoms with Crippen LogP contribution in [0.2, 0.25) is 5.02 Å². The molecule has 102 valence electrons. The lowest BCUT2D eigenvalue weighted by Gasteiger charge is -2.10. The molecule has 0 bridgehead atoms. The van der Waals surface area contributed by atoms with Crippen molar-refractivity contribution in [2.75, 3.05) is 11.9 Å². The van der Waals surface area contributed by atoms with Crippen LogP contribution in [0.1, 0.15) is 5.82 Å². The summed E-state index contributed by atoms with van der Waals surface area (Å²) in [7, 11) is 2.00. The van der Waals surface area contributed by atoms with Gasteiger partial charge in [-0.3, -0.25) is 4.98 Å². The highest BCUT2D eigenvalue weighted by Crippen LogP contribution is 2.27. The van der Waals surface area contributed by atoms with Crippen LogP contribution in [0.4, 0.5) is 5.69 Å². The SMILES string of the molecule is Cn1ccnc1CCNc1ccc(Cl)c2cccnc12. The highest BCUT2D eigenvalue weighted by molar-refractivity contribution is 6.35. The van der Waals surface area contributed by atoms with Gasteiger partial charge in [0.25, 0.3) is 0 Å². The summed E-state index contributed by atoms with van der Waals surface area (Å²) in [5.41, 5.74) is 1.90. The summed E-state index contributed by atoms with van der Waals surface area (Å²) < 4.78 is 2.03. The number of aryl methyl sites for hydroxylation is 1. The summed E-state index contributed by atoms with van der Waals surface area (Å²) in [6.07, 6.45) is 6.41. The molecule has 2 aromatic heterocycles. The number of hydrogen-bond acceptors (Lipinski definition) is 3. The van der Waals surface area contributed by atoms with E-state index in [1.807, 2.05) is 48.3 Å².